The quantitative estimate of drug-likeness (QED) is 0.175. The minimum atomic E-state index is -0.173. The average molecular weight is 920 g/mol. The second kappa shape index (κ2) is 13.8. The monoisotopic (exact) mass is 919 g/mol. The summed E-state index contributed by atoms with van der Waals surface area (Å²) in [6.07, 6.45) is 2.40. The molecular weight excluding hydrogens is 860 g/mol. The molecule has 13 rings (SSSR count). The van der Waals surface area contributed by atoms with Crippen molar-refractivity contribution in [2.45, 2.75) is 123 Å². The summed E-state index contributed by atoms with van der Waals surface area (Å²) in [6, 6.07) is 45.5. The maximum atomic E-state index is 4.06. The van der Waals surface area contributed by atoms with E-state index in [1.807, 2.05) is 22.7 Å². The highest BCUT2D eigenvalue weighted by Crippen LogP contribution is 2.56. The molecule has 0 amide bonds. The Hall–Kier alpha value is -5.62. The van der Waals surface area contributed by atoms with Gasteiger partial charge in [-0.1, -0.05) is 138 Å². The molecule has 1 radical (unpaired) electrons. The van der Waals surface area contributed by atoms with E-state index in [4.69, 9.17) is 0 Å². The topological polar surface area (TPSA) is 17.0 Å². The van der Waals surface area contributed by atoms with Gasteiger partial charge in [-0.05, 0) is 155 Å². The van der Waals surface area contributed by atoms with E-state index >= 15 is 0 Å². The molecule has 3 aliphatic rings. The fourth-order valence-corrected chi connectivity index (χ4v) is 14.6. The molecule has 2 aliphatic carbocycles. The summed E-state index contributed by atoms with van der Waals surface area (Å²) >= 11 is 3.85. The number of thiophene rings is 2. The van der Waals surface area contributed by atoms with Gasteiger partial charge in [-0.15, -0.1) is 22.7 Å². The van der Waals surface area contributed by atoms with E-state index in [1.165, 1.54) is 136 Å². The number of hydrogen-bond acceptors (Lipinski definition) is 3. The van der Waals surface area contributed by atoms with E-state index in [0.717, 1.165) is 11.4 Å². The number of nitrogens with one attached hydrogen (secondary N) is 1. The first-order chi connectivity index (χ1) is 32.2. The molecule has 337 valence electrons. The van der Waals surface area contributed by atoms with Gasteiger partial charge in [-0.3, -0.25) is 0 Å². The van der Waals surface area contributed by atoms with Crippen LogP contribution in [0.25, 0.3) is 80.0 Å². The predicted molar refractivity (Wildman–Crippen MR) is 299 cm³/mol. The first-order valence-corrected chi connectivity index (χ1v) is 26.4. The van der Waals surface area contributed by atoms with Crippen molar-refractivity contribution in [2.75, 3.05) is 5.32 Å². The number of benzene rings is 7. The molecule has 0 saturated heterocycles. The summed E-state index contributed by atoms with van der Waals surface area (Å²) in [4.78, 5) is 0. The van der Waals surface area contributed by atoms with Gasteiger partial charge in [0, 0.05) is 68.9 Å². The van der Waals surface area contributed by atoms with Crippen molar-refractivity contribution in [1.82, 2.24) is 4.57 Å². The largest absolute Gasteiger partial charge is 0.355 e. The summed E-state index contributed by atoms with van der Waals surface area (Å²) in [6.45, 7) is 28.6. The lowest BCUT2D eigenvalue weighted by Gasteiger charge is -2.42. The van der Waals surface area contributed by atoms with Gasteiger partial charge in [0.05, 0.1) is 11.2 Å². The van der Waals surface area contributed by atoms with Crippen LogP contribution >= 0.6 is 22.7 Å². The van der Waals surface area contributed by atoms with Crippen LogP contribution in [0.3, 0.4) is 0 Å². The molecule has 7 aromatic carbocycles. The maximum absolute atomic E-state index is 4.06. The van der Waals surface area contributed by atoms with Crippen LogP contribution in [-0.2, 0) is 27.1 Å². The molecule has 10 aromatic rings. The van der Waals surface area contributed by atoms with Gasteiger partial charge in [-0.2, -0.15) is 0 Å². The minimum Gasteiger partial charge on any atom is -0.355 e. The Kier molecular flexibility index (Phi) is 8.62. The van der Waals surface area contributed by atoms with Gasteiger partial charge < -0.3 is 9.88 Å². The minimum absolute atomic E-state index is 0.0340. The third-order valence-corrected chi connectivity index (χ3v) is 18.9. The van der Waals surface area contributed by atoms with E-state index in [2.05, 4.69) is 216 Å². The SMILES string of the molecule is CC(C)(C)c1ccc(Nc2cc3c(cc2-c2ccc4c5cc6c(cc5n5c4c2[B]c2sc4ccc(C(C)(C)C)cc4c2-5)sc2ccccc26)-c2cc4c(cc2C3(C)C)C(C)(C)CCC4(C)C)cc1. The predicted octanol–water partition coefficient (Wildman–Crippen LogP) is 17.0. The summed E-state index contributed by atoms with van der Waals surface area (Å²) in [7, 11) is 2.54. The molecule has 0 bridgehead atoms. The van der Waals surface area contributed by atoms with Crippen LogP contribution in [-0.4, -0.2) is 11.8 Å². The normalized spacial score (nSPS) is 16.6. The van der Waals surface area contributed by atoms with Gasteiger partial charge >= 0.3 is 0 Å². The molecule has 68 heavy (non-hydrogen) atoms. The molecule has 1 aliphatic heterocycles. The fourth-order valence-electron chi connectivity index (χ4n) is 12.4. The third-order valence-electron chi connectivity index (χ3n) is 16.6. The van der Waals surface area contributed by atoms with Crippen LogP contribution in [0.5, 0.6) is 0 Å². The van der Waals surface area contributed by atoms with Crippen molar-refractivity contribution in [3.63, 3.8) is 0 Å². The lowest BCUT2D eigenvalue weighted by atomic mass is 9.62. The van der Waals surface area contributed by atoms with Gasteiger partial charge in [0.2, 0.25) is 7.28 Å². The van der Waals surface area contributed by atoms with E-state index in [0.29, 0.717) is 0 Å². The van der Waals surface area contributed by atoms with Crippen molar-refractivity contribution >= 4 is 104 Å². The molecule has 0 fully saturated rings. The van der Waals surface area contributed by atoms with E-state index in [1.54, 1.807) is 0 Å². The van der Waals surface area contributed by atoms with E-state index in [-0.39, 0.29) is 27.1 Å². The van der Waals surface area contributed by atoms with Crippen LogP contribution in [0, 0.1) is 0 Å². The van der Waals surface area contributed by atoms with Crippen molar-refractivity contribution < 1.29 is 0 Å². The second-order valence-corrected chi connectivity index (χ2v) is 26.5. The smallest absolute Gasteiger partial charge is 0.211 e. The molecule has 1 N–H and O–H groups in total. The highest BCUT2D eigenvalue weighted by Gasteiger charge is 2.43. The van der Waals surface area contributed by atoms with Crippen molar-refractivity contribution in [1.29, 1.82) is 0 Å². The second-order valence-electron chi connectivity index (χ2n) is 24.4. The Bertz CT molecular complexity index is 3830. The van der Waals surface area contributed by atoms with Crippen molar-refractivity contribution in [3.05, 3.63) is 149 Å². The van der Waals surface area contributed by atoms with E-state index in [9.17, 15) is 0 Å². The van der Waals surface area contributed by atoms with Crippen LogP contribution in [0.15, 0.2) is 115 Å². The molecular formula is C63H60BN2S2. The first kappa shape index (κ1) is 42.5. The first-order valence-electron chi connectivity index (χ1n) is 24.8. The highest BCUT2D eigenvalue weighted by molar-refractivity contribution is 7.29. The highest BCUT2D eigenvalue weighted by atomic mass is 32.1. The Balaban J connectivity index is 1.11. The van der Waals surface area contributed by atoms with Gasteiger partial charge in [0.25, 0.3) is 0 Å². The number of aromatic nitrogens is 1. The van der Waals surface area contributed by atoms with Crippen LogP contribution < -0.4 is 15.6 Å². The molecule has 2 nitrogen and oxygen atoms in total. The summed E-state index contributed by atoms with van der Waals surface area (Å²) in [5.74, 6) is 0. The fraction of sp³-hybridized carbons (Fsp3) is 0.302. The number of anilines is 2. The molecule has 3 aromatic heterocycles. The molecule has 0 unspecified atom stereocenters. The van der Waals surface area contributed by atoms with Crippen molar-refractivity contribution in [3.8, 4) is 27.9 Å². The summed E-state index contributed by atoms with van der Waals surface area (Å²) < 4.78 is 7.99. The Labute approximate surface area is 410 Å². The zero-order valence-corrected chi connectivity index (χ0v) is 43.4. The van der Waals surface area contributed by atoms with Crippen LogP contribution in [0.4, 0.5) is 11.4 Å². The summed E-state index contributed by atoms with van der Waals surface area (Å²) in [5.41, 5.74) is 21.5. The lowest BCUT2D eigenvalue weighted by Crippen LogP contribution is -2.35. The van der Waals surface area contributed by atoms with Crippen LogP contribution in [0.2, 0.25) is 0 Å². The van der Waals surface area contributed by atoms with E-state index < -0.39 is 0 Å². The molecule has 4 heterocycles. The molecule has 0 saturated carbocycles. The Morgan fingerprint density at radius 3 is 1.91 bits per heavy atom. The number of fused-ring (bicyclic) bond motifs is 14. The number of hydrogen-bond donors (Lipinski definition) is 1. The zero-order chi connectivity index (χ0) is 47.2. The maximum Gasteiger partial charge on any atom is 0.211 e. The van der Waals surface area contributed by atoms with Gasteiger partial charge in [0.1, 0.15) is 0 Å². The lowest BCUT2D eigenvalue weighted by molar-refractivity contribution is 0.331. The summed E-state index contributed by atoms with van der Waals surface area (Å²) in [5, 5.41) is 10.7. The number of nitrogens with zero attached hydrogens (tertiary/aromatic N) is 1. The Morgan fingerprint density at radius 1 is 0.515 bits per heavy atom. The Morgan fingerprint density at radius 2 is 1.18 bits per heavy atom. The van der Waals surface area contributed by atoms with Crippen LogP contribution in [0.1, 0.15) is 129 Å². The third kappa shape index (κ3) is 6.00. The molecule has 0 atom stereocenters. The molecule has 0 spiro atoms. The van der Waals surface area contributed by atoms with Crippen molar-refractivity contribution in [2.24, 2.45) is 0 Å². The number of rotatable bonds is 3. The zero-order valence-electron chi connectivity index (χ0n) is 41.7. The average Bonchev–Trinajstić information content (AvgIpc) is 4.00. The van der Waals surface area contributed by atoms with Gasteiger partial charge in [0.15, 0.2) is 0 Å². The standard InChI is InChI=1S/C63H60BN2S2/c1-59(2,3)34-17-20-36(21-18-34)65-50-32-47-40(41-30-48-49(31-46(41)63(47,11)12)62(9,10)26-25-61(48,7)8)28-42(50)38-22-23-39-43-29-44-37-15-13-14-16-52(37)67-54(44)33-51(43)66-56(39)55(38)64-58-57(66)45-27-35(60(4,5)6)19-24-53(45)68-58/h13-24,27-33,65H,25-26H2,1-12H3. The van der Waals surface area contributed by atoms with Gasteiger partial charge in [-0.25, -0.2) is 0 Å². The molecule has 5 heteroatoms.